The third kappa shape index (κ3) is 5.85. The number of hydrogen-bond donors (Lipinski definition) is 1. The van der Waals surface area contributed by atoms with Crippen LogP contribution in [0.1, 0.15) is 35.8 Å². The minimum atomic E-state index is -0.674. The summed E-state index contributed by atoms with van der Waals surface area (Å²) in [5, 5.41) is 3.08. The van der Waals surface area contributed by atoms with Crippen molar-refractivity contribution in [1.29, 1.82) is 0 Å². The first-order valence-electron chi connectivity index (χ1n) is 11.2. The first-order chi connectivity index (χ1) is 16.6. The highest BCUT2D eigenvalue weighted by molar-refractivity contribution is 5.79. The number of ether oxygens (including phenoxy) is 2. The van der Waals surface area contributed by atoms with Gasteiger partial charge in [0.25, 0.3) is 0 Å². The summed E-state index contributed by atoms with van der Waals surface area (Å²) in [6, 6.07) is 10.8. The van der Waals surface area contributed by atoms with Crippen molar-refractivity contribution in [2.24, 2.45) is 5.92 Å². The average Bonchev–Trinajstić information content (AvgIpc) is 2.88. The van der Waals surface area contributed by atoms with Crippen LogP contribution in [0.15, 0.2) is 54.9 Å². The second-order valence-electron chi connectivity index (χ2n) is 8.21. The summed E-state index contributed by atoms with van der Waals surface area (Å²) in [5.74, 6) is 0.360. The molecule has 0 spiro atoms. The van der Waals surface area contributed by atoms with Gasteiger partial charge in [0.05, 0.1) is 20.3 Å². The normalized spacial score (nSPS) is 15.5. The number of nitrogens with one attached hydrogen (secondary N) is 1. The van der Waals surface area contributed by atoms with E-state index in [9.17, 15) is 9.18 Å². The summed E-state index contributed by atoms with van der Waals surface area (Å²) in [7, 11) is 2.99. The number of carbonyl (C=O) groups excluding carboxylic acids is 1. The van der Waals surface area contributed by atoms with Crippen LogP contribution in [-0.4, -0.2) is 53.1 Å². The third-order valence-electron chi connectivity index (χ3n) is 5.98. The quantitative estimate of drug-likeness (QED) is 0.547. The molecule has 1 unspecified atom stereocenters. The van der Waals surface area contributed by atoms with Gasteiger partial charge in [-0.3, -0.25) is 14.7 Å². The number of benzene rings is 1. The molecule has 8 nitrogen and oxygen atoms in total. The predicted molar refractivity (Wildman–Crippen MR) is 124 cm³/mol. The predicted octanol–water partition coefficient (Wildman–Crippen LogP) is 3.15. The lowest BCUT2D eigenvalue weighted by atomic mass is 9.94. The van der Waals surface area contributed by atoms with Crippen molar-refractivity contribution in [3.63, 3.8) is 0 Å². The fourth-order valence-corrected chi connectivity index (χ4v) is 4.07. The smallest absolute Gasteiger partial charge is 0.224 e. The van der Waals surface area contributed by atoms with E-state index in [2.05, 4.69) is 25.2 Å². The molecule has 34 heavy (non-hydrogen) atoms. The van der Waals surface area contributed by atoms with Gasteiger partial charge >= 0.3 is 0 Å². The van der Waals surface area contributed by atoms with E-state index in [1.54, 1.807) is 30.6 Å². The topological polar surface area (TPSA) is 89.5 Å². The van der Waals surface area contributed by atoms with Crippen LogP contribution in [-0.2, 0) is 11.3 Å². The van der Waals surface area contributed by atoms with Crippen LogP contribution in [0, 0.1) is 11.7 Å². The van der Waals surface area contributed by atoms with Crippen LogP contribution >= 0.6 is 0 Å². The van der Waals surface area contributed by atoms with Crippen molar-refractivity contribution in [3.05, 3.63) is 77.6 Å². The Kier molecular flexibility index (Phi) is 7.64. The Bertz CT molecular complexity index is 1070. The first-order valence-corrected chi connectivity index (χ1v) is 11.2. The molecule has 1 fully saturated rings. The number of nitrogens with zero attached hydrogens (tertiary/aromatic N) is 4. The van der Waals surface area contributed by atoms with E-state index >= 15 is 0 Å². The molecule has 1 N–H and O–H groups in total. The zero-order valence-electron chi connectivity index (χ0n) is 19.3. The molecule has 9 heteroatoms. The number of halogens is 1. The van der Waals surface area contributed by atoms with Gasteiger partial charge in [-0.15, -0.1) is 0 Å². The van der Waals surface area contributed by atoms with E-state index in [0.717, 1.165) is 32.5 Å². The molecular formula is C25H28FN5O3. The zero-order chi connectivity index (χ0) is 23.9. The van der Waals surface area contributed by atoms with E-state index in [-0.39, 0.29) is 17.6 Å². The molecule has 0 saturated carbocycles. The van der Waals surface area contributed by atoms with Gasteiger partial charge in [-0.1, -0.05) is 12.1 Å². The summed E-state index contributed by atoms with van der Waals surface area (Å²) >= 11 is 0. The number of carbonyl (C=O) groups is 1. The molecule has 1 aliphatic rings. The minimum absolute atomic E-state index is 0.0803. The largest absolute Gasteiger partial charge is 0.481 e. The van der Waals surface area contributed by atoms with Crippen LogP contribution in [0.5, 0.6) is 11.8 Å². The minimum Gasteiger partial charge on any atom is -0.481 e. The molecule has 0 bridgehead atoms. The van der Waals surface area contributed by atoms with Crippen LogP contribution < -0.4 is 14.8 Å². The lowest BCUT2D eigenvalue weighted by Crippen LogP contribution is -2.41. The van der Waals surface area contributed by atoms with Gasteiger partial charge in [-0.25, -0.2) is 4.39 Å². The number of rotatable bonds is 8. The van der Waals surface area contributed by atoms with Crippen LogP contribution in [0.3, 0.4) is 0 Å². The van der Waals surface area contributed by atoms with E-state index in [0.29, 0.717) is 23.1 Å². The summed E-state index contributed by atoms with van der Waals surface area (Å²) in [4.78, 5) is 28.5. The molecule has 1 saturated heterocycles. The lowest BCUT2D eigenvalue weighted by molar-refractivity contribution is -0.127. The Balaban J connectivity index is 1.48. The van der Waals surface area contributed by atoms with E-state index in [1.165, 1.54) is 31.9 Å². The SMILES string of the molecule is COc1cc(OC)nc(C(NC(=O)C2CCN(Cc3ccncc3)CC2)c2ccc(F)cc2)n1. The molecule has 3 heterocycles. The fourth-order valence-electron chi connectivity index (χ4n) is 4.07. The Morgan fingerprint density at radius 1 is 1.06 bits per heavy atom. The third-order valence-corrected chi connectivity index (χ3v) is 5.98. The van der Waals surface area contributed by atoms with Crippen molar-refractivity contribution in [2.45, 2.75) is 25.4 Å². The maximum Gasteiger partial charge on any atom is 0.224 e. The molecular weight excluding hydrogens is 437 g/mol. The highest BCUT2D eigenvalue weighted by atomic mass is 19.1. The van der Waals surface area contributed by atoms with Crippen LogP contribution in [0.2, 0.25) is 0 Å². The molecule has 1 aliphatic heterocycles. The summed E-state index contributed by atoms with van der Waals surface area (Å²) in [6.07, 6.45) is 5.08. The van der Waals surface area contributed by atoms with Gasteiger partial charge in [0.1, 0.15) is 11.9 Å². The van der Waals surface area contributed by atoms with Crippen molar-refractivity contribution >= 4 is 5.91 Å². The molecule has 1 atom stereocenters. The number of piperidine rings is 1. The van der Waals surface area contributed by atoms with Gasteiger partial charge in [0.2, 0.25) is 17.7 Å². The standard InChI is InChI=1S/C25H28FN5O3/c1-33-21-15-22(34-2)29-24(28-21)23(18-3-5-20(26)6-4-18)30-25(32)19-9-13-31(14-10-19)16-17-7-11-27-12-8-17/h3-8,11-12,15,19,23H,9-10,13-14,16H2,1-2H3,(H,30,32). The lowest BCUT2D eigenvalue weighted by Gasteiger charge is -2.32. The highest BCUT2D eigenvalue weighted by Gasteiger charge is 2.29. The first kappa shape index (κ1) is 23.6. The van der Waals surface area contributed by atoms with E-state index < -0.39 is 6.04 Å². The van der Waals surface area contributed by atoms with E-state index in [1.807, 2.05) is 12.1 Å². The fraction of sp³-hybridized carbons (Fsp3) is 0.360. The van der Waals surface area contributed by atoms with Crippen molar-refractivity contribution in [1.82, 2.24) is 25.2 Å². The maximum atomic E-state index is 13.6. The van der Waals surface area contributed by atoms with Crippen molar-refractivity contribution in [2.75, 3.05) is 27.3 Å². The maximum absolute atomic E-state index is 13.6. The molecule has 3 aromatic rings. The molecule has 0 aliphatic carbocycles. The van der Waals surface area contributed by atoms with Gasteiger partial charge in [0, 0.05) is 24.9 Å². The van der Waals surface area contributed by atoms with Gasteiger partial charge < -0.3 is 14.8 Å². The Labute approximate surface area is 198 Å². The van der Waals surface area contributed by atoms with E-state index in [4.69, 9.17) is 9.47 Å². The molecule has 0 radical (unpaired) electrons. The molecule has 178 valence electrons. The van der Waals surface area contributed by atoms with Gasteiger partial charge in [-0.2, -0.15) is 9.97 Å². The molecule has 1 amide bonds. The molecule has 2 aromatic heterocycles. The summed E-state index contributed by atoms with van der Waals surface area (Å²) in [5.41, 5.74) is 1.87. The van der Waals surface area contributed by atoms with Gasteiger partial charge in [0.15, 0.2) is 5.82 Å². The second-order valence-corrected chi connectivity index (χ2v) is 8.21. The number of likely N-dealkylation sites (tertiary alicyclic amines) is 1. The molecule has 4 rings (SSSR count). The number of hydrogen-bond acceptors (Lipinski definition) is 7. The van der Waals surface area contributed by atoms with Gasteiger partial charge in [-0.05, 0) is 61.3 Å². The Morgan fingerprint density at radius 2 is 1.68 bits per heavy atom. The Hall–Kier alpha value is -3.59. The second kappa shape index (κ2) is 11.0. The van der Waals surface area contributed by atoms with Crippen LogP contribution in [0.25, 0.3) is 0 Å². The monoisotopic (exact) mass is 465 g/mol. The van der Waals surface area contributed by atoms with Crippen molar-refractivity contribution in [3.8, 4) is 11.8 Å². The Morgan fingerprint density at radius 3 is 2.26 bits per heavy atom. The number of amides is 1. The number of methoxy groups -OCH3 is 2. The van der Waals surface area contributed by atoms with Crippen molar-refractivity contribution < 1.29 is 18.7 Å². The van der Waals surface area contributed by atoms with Crippen LogP contribution in [0.4, 0.5) is 4.39 Å². The summed E-state index contributed by atoms with van der Waals surface area (Å²) in [6.45, 7) is 2.49. The molecule has 1 aromatic carbocycles. The number of aromatic nitrogens is 3. The highest BCUT2D eigenvalue weighted by Crippen LogP contribution is 2.26. The zero-order valence-corrected chi connectivity index (χ0v) is 19.3. The average molecular weight is 466 g/mol. The summed E-state index contributed by atoms with van der Waals surface area (Å²) < 4.78 is 24.1. The number of pyridine rings is 1.